The van der Waals surface area contributed by atoms with Gasteiger partial charge in [0.15, 0.2) is 0 Å². The third-order valence-electron chi connectivity index (χ3n) is 1.70. The van der Waals surface area contributed by atoms with E-state index in [9.17, 15) is 0 Å². The third kappa shape index (κ3) is 9.70. The second-order valence-electron chi connectivity index (χ2n) is 2.76. The highest BCUT2D eigenvalue weighted by Crippen LogP contribution is 1.58. The van der Waals surface area contributed by atoms with Crippen LogP contribution in [0.2, 0.25) is 0 Å². The van der Waals surface area contributed by atoms with Gasteiger partial charge in [0, 0.05) is 15.7 Å². The van der Waals surface area contributed by atoms with Crippen molar-refractivity contribution in [2.24, 2.45) is 0 Å². The molecule has 0 bridgehead atoms. The molecule has 0 amide bonds. The number of hydrogen-bond acceptors (Lipinski definition) is 1. The highest BCUT2D eigenvalue weighted by atomic mass is 30.0. The summed E-state index contributed by atoms with van der Waals surface area (Å²) in [7, 11) is 8.31. The molecule has 0 atom stereocenters. The summed E-state index contributed by atoms with van der Waals surface area (Å²) in [5, 5.41) is 0. The predicted octanol–water partition coefficient (Wildman–Crippen LogP) is -7.50. The molecular weight excluding hydrogens is 253 g/mol. The summed E-state index contributed by atoms with van der Waals surface area (Å²) in [6, 6.07) is 0. The van der Waals surface area contributed by atoms with E-state index in [1.54, 1.807) is 9.76 Å². The standard InChI is InChI=1S/CH20OSi8/c1-2-4-6-8-10-9-7-5-3/h4-10H2,1,3H3. The molecule has 0 saturated carbocycles. The Morgan fingerprint density at radius 3 is 2.20 bits per heavy atom. The normalized spacial score (nSPS) is 18.9. The average Bonchev–Trinajstić information content (AvgIpc) is 1.97. The Bertz CT molecular complexity index is 49.2. The Morgan fingerprint density at radius 2 is 1.60 bits per heavy atom. The largest absolute Gasteiger partial charge is 0.431 e. The molecule has 0 N–H and O–H groups in total. The van der Waals surface area contributed by atoms with Crippen LogP contribution in [0.3, 0.4) is 0 Å². The SMILES string of the molecule is CO[SiH2][SiH2][SiH2][SiH2][SiH2][SiH2][SiH2][SiH3]. The molecular formula is CH20OSi8. The maximum Gasteiger partial charge on any atom is 0.139 e. The topological polar surface area (TPSA) is 9.23 Å². The summed E-state index contributed by atoms with van der Waals surface area (Å²) >= 11 is 0. The fraction of sp³-hybridized carbons (Fsp3) is 1.00. The van der Waals surface area contributed by atoms with Crippen molar-refractivity contribution in [3.63, 3.8) is 0 Å². The minimum absolute atomic E-state index is 0.180. The maximum atomic E-state index is 5.25. The van der Waals surface area contributed by atoms with Crippen molar-refractivity contribution in [1.82, 2.24) is 0 Å². The molecule has 0 heterocycles. The van der Waals surface area contributed by atoms with Crippen molar-refractivity contribution >= 4 is 70.4 Å². The first-order valence-corrected chi connectivity index (χ1v) is 34.6. The molecule has 0 rings (SSSR count). The van der Waals surface area contributed by atoms with Gasteiger partial charge in [0.1, 0.15) is 9.28 Å². The summed E-state index contributed by atoms with van der Waals surface area (Å²) in [6.45, 7) is 0. The van der Waals surface area contributed by atoms with Gasteiger partial charge in [-0.25, -0.2) is 0 Å². The van der Waals surface area contributed by atoms with Crippen LogP contribution in [0.5, 0.6) is 0 Å². The first-order valence-electron chi connectivity index (χ1n) is 4.40. The van der Waals surface area contributed by atoms with E-state index in [2.05, 4.69) is 0 Å². The van der Waals surface area contributed by atoms with Crippen LogP contribution in [0.25, 0.3) is 0 Å². The summed E-state index contributed by atoms with van der Waals surface area (Å²) < 4.78 is 5.25. The first-order chi connectivity index (χ1) is 4.91. The van der Waals surface area contributed by atoms with Crippen molar-refractivity contribution in [1.29, 1.82) is 0 Å². The number of hydrogen-bond donors (Lipinski definition) is 0. The lowest BCUT2D eigenvalue weighted by atomic mass is 11.8. The van der Waals surface area contributed by atoms with E-state index in [1.165, 1.54) is 0 Å². The van der Waals surface area contributed by atoms with Gasteiger partial charge in [0.25, 0.3) is 0 Å². The fourth-order valence-electron chi connectivity index (χ4n) is 1.03. The quantitative estimate of drug-likeness (QED) is 0.331. The first kappa shape index (κ1) is 11.7. The van der Waals surface area contributed by atoms with Crippen molar-refractivity contribution in [3.05, 3.63) is 0 Å². The zero-order valence-corrected chi connectivity index (χ0v) is 19.3. The van der Waals surface area contributed by atoms with Gasteiger partial charge in [-0.2, -0.15) is 0 Å². The molecule has 0 radical (unpaired) electrons. The Morgan fingerprint density at radius 1 is 1.00 bits per heavy atom. The fourth-order valence-corrected chi connectivity index (χ4v) is 202. The van der Waals surface area contributed by atoms with Crippen LogP contribution < -0.4 is 0 Å². The molecule has 62 valence electrons. The van der Waals surface area contributed by atoms with Crippen LogP contribution in [-0.4, -0.2) is 77.5 Å². The smallest absolute Gasteiger partial charge is 0.139 e. The Kier molecular flexibility index (Phi) is 12.5. The van der Waals surface area contributed by atoms with Crippen molar-refractivity contribution in [3.8, 4) is 0 Å². The van der Waals surface area contributed by atoms with E-state index in [0.717, 1.165) is 42.8 Å². The Balaban J connectivity index is 2.65. The van der Waals surface area contributed by atoms with Crippen LogP contribution in [-0.2, 0) is 4.43 Å². The van der Waals surface area contributed by atoms with Crippen LogP contribution in [0, 0.1) is 0 Å². The summed E-state index contributed by atoms with van der Waals surface area (Å²) in [5.74, 6) is 0. The lowest BCUT2D eigenvalue weighted by Gasteiger charge is -1.94. The van der Waals surface area contributed by atoms with E-state index in [-0.39, 0.29) is 9.28 Å². The molecule has 10 heavy (non-hydrogen) atoms. The Hall–Kier alpha value is 1.70. The zero-order chi connectivity index (χ0) is 7.66. The molecule has 0 spiro atoms. The lowest BCUT2D eigenvalue weighted by Crippen LogP contribution is -2.29. The minimum atomic E-state index is 0.180. The maximum absolute atomic E-state index is 5.25. The molecule has 0 aliphatic rings. The highest BCUT2D eigenvalue weighted by Gasteiger charge is 1.92. The molecule has 1 nitrogen and oxygen atoms in total. The summed E-state index contributed by atoms with van der Waals surface area (Å²) in [4.78, 5) is 0. The predicted molar refractivity (Wildman–Crippen MR) is 76.8 cm³/mol. The molecule has 9 heteroatoms. The van der Waals surface area contributed by atoms with E-state index >= 15 is 0 Å². The van der Waals surface area contributed by atoms with E-state index in [1.807, 2.05) is 7.11 Å². The second-order valence-corrected chi connectivity index (χ2v) is 63.9. The van der Waals surface area contributed by atoms with E-state index in [0.29, 0.717) is 8.55 Å². The van der Waals surface area contributed by atoms with Crippen molar-refractivity contribution in [2.45, 2.75) is 0 Å². The molecule has 0 aromatic rings. The second kappa shape index (κ2) is 10.7. The molecule has 0 saturated heterocycles. The molecule has 0 aromatic heterocycles. The highest BCUT2D eigenvalue weighted by molar-refractivity contribution is 7.64. The molecule has 0 aromatic carbocycles. The zero-order valence-electron chi connectivity index (χ0n) is 7.36. The van der Waals surface area contributed by atoms with E-state index < -0.39 is 0 Å². The minimum Gasteiger partial charge on any atom is -0.431 e. The monoisotopic (exact) mass is 272 g/mol. The summed E-state index contributed by atoms with van der Waals surface area (Å²) in [5.41, 5.74) is 0. The molecule has 0 aliphatic heterocycles. The van der Waals surface area contributed by atoms with Crippen LogP contribution in [0.15, 0.2) is 0 Å². The van der Waals surface area contributed by atoms with Gasteiger partial charge in [0.05, 0.1) is 0 Å². The van der Waals surface area contributed by atoms with Crippen LogP contribution in [0.1, 0.15) is 0 Å². The van der Waals surface area contributed by atoms with Gasteiger partial charge >= 0.3 is 0 Å². The molecule has 0 aliphatic carbocycles. The summed E-state index contributed by atoms with van der Waals surface area (Å²) in [6.07, 6.45) is 0. The lowest BCUT2D eigenvalue weighted by molar-refractivity contribution is 0.454. The molecule has 0 fully saturated rings. The van der Waals surface area contributed by atoms with Gasteiger partial charge < -0.3 is 4.43 Å². The van der Waals surface area contributed by atoms with E-state index in [4.69, 9.17) is 4.43 Å². The van der Waals surface area contributed by atoms with Gasteiger partial charge in [0.2, 0.25) is 0 Å². The van der Waals surface area contributed by atoms with Crippen molar-refractivity contribution in [2.75, 3.05) is 7.11 Å². The third-order valence-corrected chi connectivity index (χ3v) is 115. The molecule has 0 unspecified atom stereocenters. The Labute approximate surface area is 81.7 Å². The van der Waals surface area contributed by atoms with Crippen LogP contribution in [0.4, 0.5) is 0 Å². The number of rotatable bonds is 7. The van der Waals surface area contributed by atoms with Crippen LogP contribution >= 0.6 is 0 Å². The van der Waals surface area contributed by atoms with Gasteiger partial charge in [-0.15, -0.1) is 0 Å². The van der Waals surface area contributed by atoms with Gasteiger partial charge in [-0.3, -0.25) is 0 Å². The van der Waals surface area contributed by atoms with Gasteiger partial charge in [-0.05, 0) is 52.5 Å². The van der Waals surface area contributed by atoms with Crippen molar-refractivity contribution < 1.29 is 4.43 Å². The average molecular weight is 273 g/mol. The van der Waals surface area contributed by atoms with Gasteiger partial charge in [-0.1, -0.05) is 0 Å².